The maximum atomic E-state index is 14.5. The predicted molar refractivity (Wildman–Crippen MR) is 115 cm³/mol. The van der Waals surface area contributed by atoms with Gasteiger partial charge in [0.25, 0.3) is 0 Å². The molecule has 0 aliphatic rings. The topological polar surface area (TPSA) is 0 Å². The minimum atomic E-state index is -5.11. The summed E-state index contributed by atoms with van der Waals surface area (Å²) in [6, 6.07) is 10.1. The van der Waals surface area contributed by atoms with Crippen molar-refractivity contribution in [3.8, 4) is 0 Å². The Hall–Kier alpha value is -2.50. The van der Waals surface area contributed by atoms with Crippen molar-refractivity contribution in [3.63, 3.8) is 0 Å². The van der Waals surface area contributed by atoms with Crippen LogP contribution < -0.4 is 0 Å². The van der Waals surface area contributed by atoms with Gasteiger partial charge >= 0.3 is 6.18 Å². The molecule has 0 saturated heterocycles. The van der Waals surface area contributed by atoms with Gasteiger partial charge in [0.05, 0.1) is 0 Å². The molecule has 3 aromatic carbocycles. The number of hydrogen-bond acceptors (Lipinski definition) is 0. The van der Waals surface area contributed by atoms with Crippen LogP contribution in [0.5, 0.6) is 0 Å². The fourth-order valence-electron chi connectivity index (χ4n) is 3.96. The van der Waals surface area contributed by atoms with Crippen LogP contribution >= 0.6 is 0 Å². The third kappa shape index (κ3) is 5.84. The molecule has 0 radical (unpaired) electrons. The number of alkyl halides is 3. The van der Waals surface area contributed by atoms with Gasteiger partial charge in [-0.2, -0.15) is 13.2 Å². The van der Waals surface area contributed by atoms with Gasteiger partial charge < -0.3 is 0 Å². The highest BCUT2D eigenvalue weighted by atomic mass is 19.4. The van der Waals surface area contributed by atoms with Gasteiger partial charge in [0.2, 0.25) is 0 Å². The maximum Gasteiger partial charge on any atom is 0.422 e. The average molecular weight is 452 g/mol. The van der Waals surface area contributed by atoms with Crippen molar-refractivity contribution in [1.82, 2.24) is 0 Å². The molecular weight excluding hydrogens is 426 g/mol. The van der Waals surface area contributed by atoms with Gasteiger partial charge in [0, 0.05) is 5.39 Å². The number of halogens is 6. The largest absolute Gasteiger partial charge is 0.422 e. The molecule has 0 nitrogen and oxygen atoms in total. The summed E-state index contributed by atoms with van der Waals surface area (Å²) in [5.74, 6) is -3.55. The first kappa shape index (κ1) is 24.1. The summed E-state index contributed by atoms with van der Waals surface area (Å²) in [6.45, 7) is 2.16. The summed E-state index contributed by atoms with van der Waals surface area (Å²) in [6.07, 6.45) is 2.23. The first-order valence-corrected chi connectivity index (χ1v) is 11.0. The lowest BCUT2D eigenvalue weighted by Gasteiger charge is -2.12. The normalized spacial score (nSPS) is 12.0. The van der Waals surface area contributed by atoms with Crippen LogP contribution in [-0.2, 0) is 25.4 Å². The molecule has 0 spiro atoms. The Kier molecular flexibility index (Phi) is 7.86. The molecule has 0 saturated carbocycles. The Morgan fingerprint density at radius 3 is 2.06 bits per heavy atom. The number of unbranched alkanes of at least 4 members (excludes halogenated alkanes) is 4. The van der Waals surface area contributed by atoms with E-state index in [0.717, 1.165) is 24.8 Å². The Morgan fingerprint density at radius 2 is 1.38 bits per heavy atom. The molecule has 32 heavy (non-hydrogen) atoms. The van der Waals surface area contributed by atoms with Gasteiger partial charge in [-0.1, -0.05) is 62.9 Å². The van der Waals surface area contributed by atoms with E-state index in [1.165, 1.54) is 37.5 Å². The zero-order valence-corrected chi connectivity index (χ0v) is 18.0. The summed E-state index contributed by atoms with van der Waals surface area (Å²) in [5, 5.41) is -0.249. The molecule has 172 valence electrons. The van der Waals surface area contributed by atoms with Crippen molar-refractivity contribution in [1.29, 1.82) is 0 Å². The van der Waals surface area contributed by atoms with Gasteiger partial charge in [0.1, 0.15) is 23.0 Å². The van der Waals surface area contributed by atoms with Gasteiger partial charge in [-0.25, -0.2) is 13.2 Å². The zero-order valence-electron chi connectivity index (χ0n) is 18.0. The minimum Gasteiger partial charge on any atom is -0.207 e. The molecular formula is C26H26F6. The summed E-state index contributed by atoms with van der Waals surface area (Å²) in [4.78, 5) is 0. The standard InChI is InChI=1S/C26H26F6/c1-2-3-4-5-6-7-17-8-11-19(22(27)15-17)12-9-18-10-13-21-20(14-18)16-23(28)24(25(21)29)26(30,31)32/h8,10-11,13-16H,2-7,9,12H2,1H3. The van der Waals surface area contributed by atoms with Crippen LogP contribution in [-0.4, -0.2) is 0 Å². The Morgan fingerprint density at radius 1 is 0.688 bits per heavy atom. The molecule has 0 aliphatic carbocycles. The summed E-state index contributed by atoms with van der Waals surface area (Å²) in [5.41, 5.74) is 0.269. The molecule has 0 heterocycles. The van der Waals surface area contributed by atoms with Crippen LogP contribution in [0.2, 0.25) is 0 Å². The molecule has 3 aromatic rings. The second-order valence-electron chi connectivity index (χ2n) is 8.19. The molecule has 0 aliphatic heterocycles. The van der Waals surface area contributed by atoms with Gasteiger partial charge in [-0.3, -0.25) is 0 Å². The highest BCUT2D eigenvalue weighted by molar-refractivity contribution is 5.85. The van der Waals surface area contributed by atoms with Gasteiger partial charge in [0.15, 0.2) is 0 Å². The third-order valence-corrected chi connectivity index (χ3v) is 5.75. The van der Waals surface area contributed by atoms with E-state index in [2.05, 4.69) is 6.92 Å². The van der Waals surface area contributed by atoms with Crippen LogP contribution in [0.15, 0.2) is 42.5 Å². The molecule has 0 atom stereocenters. The molecule has 0 aromatic heterocycles. The molecule has 3 rings (SSSR count). The van der Waals surface area contributed by atoms with E-state index in [0.29, 0.717) is 30.0 Å². The second kappa shape index (κ2) is 10.4. The molecule has 0 N–H and O–H groups in total. The van der Waals surface area contributed by atoms with Crippen LogP contribution in [0.1, 0.15) is 61.3 Å². The van der Waals surface area contributed by atoms with Gasteiger partial charge in [-0.05, 0) is 59.9 Å². The lowest BCUT2D eigenvalue weighted by Crippen LogP contribution is -2.11. The van der Waals surface area contributed by atoms with E-state index >= 15 is 0 Å². The monoisotopic (exact) mass is 452 g/mol. The third-order valence-electron chi connectivity index (χ3n) is 5.75. The van der Waals surface area contributed by atoms with E-state index in [4.69, 9.17) is 0 Å². The Balaban J connectivity index is 1.68. The molecule has 6 heteroatoms. The average Bonchev–Trinajstić information content (AvgIpc) is 2.71. The highest BCUT2D eigenvalue weighted by Gasteiger charge is 2.38. The Labute approximate surface area is 184 Å². The fourth-order valence-corrected chi connectivity index (χ4v) is 3.96. The van der Waals surface area contributed by atoms with Crippen molar-refractivity contribution in [2.24, 2.45) is 0 Å². The molecule has 0 unspecified atom stereocenters. The van der Waals surface area contributed by atoms with Crippen LogP contribution in [0.4, 0.5) is 26.3 Å². The molecule has 0 amide bonds. The molecule has 0 fully saturated rings. The van der Waals surface area contributed by atoms with Crippen LogP contribution in [0, 0.1) is 17.5 Å². The number of hydrogen-bond donors (Lipinski definition) is 0. The summed E-state index contributed by atoms with van der Waals surface area (Å²) in [7, 11) is 0. The molecule has 0 bridgehead atoms. The fraction of sp³-hybridized carbons (Fsp3) is 0.385. The first-order chi connectivity index (χ1) is 15.2. The Bertz CT molecular complexity index is 1070. The van der Waals surface area contributed by atoms with Crippen molar-refractivity contribution >= 4 is 10.8 Å². The van der Waals surface area contributed by atoms with Crippen LogP contribution in [0.3, 0.4) is 0 Å². The van der Waals surface area contributed by atoms with E-state index in [1.54, 1.807) is 12.1 Å². The van der Waals surface area contributed by atoms with Crippen molar-refractivity contribution in [2.45, 2.75) is 64.5 Å². The summed E-state index contributed by atoms with van der Waals surface area (Å²) >= 11 is 0. The van der Waals surface area contributed by atoms with E-state index in [-0.39, 0.29) is 16.6 Å². The smallest absolute Gasteiger partial charge is 0.207 e. The van der Waals surface area contributed by atoms with Gasteiger partial charge in [-0.15, -0.1) is 0 Å². The van der Waals surface area contributed by atoms with E-state index in [1.807, 2.05) is 6.07 Å². The number of benzene rings is 3. The quantitative estimate of drug-likeness (QED) is 0.225. The van der Waals surface area contributed by atoms with Crippen molar-refractivity contribution < 1.29 is 26.3 Å². The van der Waals surface area contributed by atoms with Crippen molar-refractivity contribution in [3.05, 3.63) is 82.2 Å². The minimum absolute atomic E-state index is 0.0457. The summed E-state index contributed by atoms with van der Waals surface area (Å²) < 4.78 is 81.3. The van der Waals surface area contributed by atoms with E-state index < -0.39 is 23.4 Å². The lowest BCUT2D eigenvalue weighted by atomic mass is 9.97. The van der Waals surface area contributed by atoms with Crippen molar-refractivity contribution in [2.75, 3.05) is 0 Å². The highest BCUT2D eigenvalue weighted by Crippen LogP contribution is 2.37. The maximum absolute atomic E-state index is 14.5. The number of fused-ring (bicyclic) bond motifs is 1. The number of rotatable bonds is 9. The zero-order chi connectivity index (χ0) is 23.3. The number of aryl methyl sites for hydroxylation is 3. The second-order valence-corrected chi connectivity index (χ2v) is 8.19. The van der Waals surface area contributed by atoms with Crippen LogP contribution in [0.25, 0.3) is 10.8 Å². The first-order valence-electron chi connectivity index (χ1n) is 11.0. The lowest BCUT2D eigenvalue weighted by molar-refractivity contribution is -0.142. The predicted octanol–water partition coefficient (Wildman–Crippen LogP) is 8.57. The SMILES string of the molecule is CCCCCCCc1ccc(CCc2ccc3c(F)c(C(F)(F)F)c(F)cc3c2)c(F)c1. The van der Waals surface area contributed by atoms with E-state index in [9.17, 15) is 26.3 Å².